The highest BCUT2D eigenvalue weighted by atomic mass is 32.1. The lowest BCUT2D eigenvalue weighted by Gasteiger charge is -2.22. The first-order chi connectivity index (χ1) is 13.1. The Balaban J connectivity index is 1.74. The van der Waals surface area contributed by atoms with Crippen LogP contribution in [-0.2, 0) is 25.9 Å². The van der Waals surface area contributed by atoms with Gasteiger partial charge in [0.1, 0.15) is 10.6 Å². The Morgan fingerprint density at radius 2 is 1.96 bits per heavy atom. The highest BCUT2D eigenvalue weighted by molar-refractivity contribution is 7.18. The van der Waals surface area contributed by atoms with E-state index in [0.29, 0.717) is 13.1 Å². The van der Waals surface area contributed by atoms with E-state index in [1.165, 1.54) is 23.3 Å². The molecule has 2 aromatic heterocycles. The van der Waals surface area contributed by atoms with Crippen LogP contribution >= 0.6 is 11.3 Å². The minimum Gasteiger partial charge on any atom is -0.497 e. The first kappa shape index (κ1) is 18.0. The van der Waals surface area contributed by atoms with Crippen LogP contribution in [0.3, 0.4) is 0 Å². The summed E-state index contributed by atoms with van der Waals surface area (Å²) in [5.74, 6) is 1.58. The quantitative estimate of drug-likeness (QED) is 0.668. The maximum Gasteiger partial charge on any atom is 0.263 e. The second kappa shape index (κ2) is 7.35. The van der Waals surface area contributed by atoms with E-state index >= 15 is 0 Å². The number of fused-ring (bicyclic) bond motifs is 3. The molecule has 1 aliphatic rings. The van der Waals surface area contributed by atoms with Crippen molar-refractivity contribution in [2.75, 3.05) is 19.1 Å². The molecule has 3 aromatic rings. The lowest BCUT2D eigenvalue weighted by molar-refractivity contribution is 0.414. The number of hydrogen-bond acceptors (Lipinski definition) is 5. The minimum atomic E-state index is 0.110. The van der Waals surface area contributed by atoms with Gasteiger partial charge in [-0.1, -0.05) is 12.1 Å². The van der Waals surface area contributed by atoms with Gasteiger partial charge in [0.2, 0.25) is 5.95 Å². The van der Waals surface area contributed by atoms with Crippen LogP contribution in [0.1, 0.15) is 35.8 Å². The Morgan fingerprint density at radius 3 is 2.67 bits per heavy atom. The summed E-state index contributed by atoms with van der Waals surface area (Å²) < 4.78 is 7.04. The summed E-state index contributed by atoms with van der Waals surface area (Å²) >= 11 is 1.71. The predicted molar refractivity (Wildman–Crippen MR) is 111 cm³/mol. The number of anilines is 1. The highest BCUT2D eigenvalue weighted by Gasteiger charge is 2.22. The van der Waals surface area contributed by atoms with Crippen molar-refractivity contribution < 1.29 is 4.74 Å². The van der Waals surface area contributed by atoms with Crippen molar-refractivity contribution in [1.29, 1.82) is 0 Å². The lowest BCUT2D eigenvalue weighted by Crippen LogP contribution is -2.30. The van der Waals surface area contributed by atoms with Crippen LogP contribution in [0, 0.1) is 0 Å². The van der Waals surface area contributed by atoms with Gasteiger partial charge in [0.25, 0.3) is 5.56 Å². The van der Waals surface area contributed by atoms with E-state index in [2.05, 4.69) is 4.90 Å². The Labute approximate surface area is 163 Å². The molecular formula is C21H25N3O2S. The number of benzene rings is 1. The molecule has 4 rings (SSSR count). The molecule has 142 valence electrons. The molecule has 5 nitrogen and oxygen atoms in total. The highest BCUT2D eigenvalue weighted by Crippen LogP contribution is 2.34. The fraction of sp³-hybridized carbons (Fsp3) is 0.429. The SMILES string of the molecule is CCn1c(N(C)Cc2ccc(OC)cc2)nc2sc3c(c2c1=O)CCCC3. The summed E-state index contributed by atoms with van der Waals surface area (Å²) in [6.07, 6.45) is 4.48. The molecule has 0 atom stereocenters. The van der Waals surface area contributed by atoms with E-state index in [4.69, 9.17) is 9.72 Å². The average Bonchev–Trinajstić information content (AvgIpc) is 3.07. The molecule has 0 fully saturated rings. The zero-order valence-corrected chi connectivity index (χ0v) is 16.9. The molecule has 0 radical (unpaired) electrons. The molecule has 0 amide bonds. The molecule has 0 saturated heterocycles. The first-order valence-corrected chi connectivity index (χ1v) is 10.3. The van der Waals surface area contributed by atoms with Gasteiger partial charge in [0.15, 0.2) is 0 Å². The Bertz CT molecular complexity index is 1020. The zero-order chi connectivity index (χ0) is 19.0. The van der Waals surface area contributed by atoms with E-state index in [9.17, 15) is 4.79 Å². The molecule has 0 spiro atoms. The van der Waals surface area contributed by atoms with Gasteiger partial charge in [-0.25, -0.2) is 4.98 Å². The smallest absolute Gasteiger partial charge is 0.263 e. The molecule has 6 heteroatoms. The van der Waals surface area contributed by atoms with Gasteiger partial charge < -0.3 is 9.64 Å². The third kappa shape index (κ3) is 3.23. The van der Waals surface area contributed by atoms with Gasteiger partial charge in [-0.05, 0) is 55.9 Å². The van der Waals surface area contributed by atoms with E-state index < -0.39 is 0 Å². The van der Waals surface area contributed by atoms with Crippen molar-refractivity contribution in [2.24, 2.45) is 0 Å². The maximum absolute atomic E-state index is 13.2. The van der Waals surface area contributed by atoms with Crippen molar-refractivity contribution in [1.82, 2.24) is 9.55 Å². The third-order valence-electron chi connectivity index (χ3n) is 5.29. The summed E-state index contributed by atoms with van der Waals surface area (Å²) in [5, 5.41) is 0.859. The van der Waals surface area contributed by atoms with Crippen LogP contribution in [0.4, 0.5) is 5.95 Å². The number of aromatic nitrogens is 2. The van der Waals surface area contributed by atoms with Crippen LogP contribution in [0.25, 0.3) is 10.2 Å². The third-order valence-corrected chi connectivity index (χ3v) is 6.48. The van der Waals surface area contributed by atoms with Gasteiger partial charge >= 0.3 is 0 Å². The molecule has 0 N–H and O–H groups in total. The number of methoxy groups -OCH3 is 1. The van der Waals surface area contributed by atoms with E-state index in [1.807, 2.05) is 42.8 Å². The summed E-state index contributed by atoms with van der Waals surface area (Å²) in [5.41, 5.74) is 2.52. The second-order valence-electron chi connectivity index (χ2n) is 7.06. The topological polar surface area (TPSA) is 47.4 Å². The predicted octanol–water partition coefficient (Wildman–Crippen LogP) is 4.00. The van der Waals surface area contributed by atoms with Gasteiger partial charge in [-0.2, -0.15) is 0 Å². The summed E-state index contributed by atoms with van der Waals surface area (Å²) in [4.78, 5) is 22.5. The molecule has 1 aliphatic carbocycles. The monoisotopic (exact) mass is 383 g/mol. The fourth-order valence-electron chi connectivity index (χ4n) is 3.88. The minimum absolute atomic E-state index is 0.110. The first-order valence-electron chi connectivity index (χ1n) is 9.51. The van der Waals surface area contributed by atoms with E-state index in [1.54, 1.807) is 18.4 Å². The van der Waals surface area contributed by atoms with Crippen molar-refractivity contribution in [3.63, 3.8) is 0 Å². The number of ether oxygens (including phenoxy) is 1. The zero-order valence-electron chi connectivity index (χ0n) is 16.1. The summed E-state index contributed by atoms with van der Waals surface area (Å²) in [7, 11) is 3.67. The van der Waals surface area contributed by atoms with Crippen molar-refractivity contribution in [3.05, 3.63) is 50.6 Å². The van der Waals surface area contributed by atoms with Gasteiger partial charge in [-0.3, -0.25) is 9.36 Å². The number of aryl methyl sites for hydroxylation is 2. The standard InChI is InChI=1S/C21H25N3O2S/c1-4-24-20(25)18-16-7-5-6-8-17(16)27-19(18)22-21(24)23(2)13-14-9-11-15(26-3)12-10-14/h9-12H,4-8,13H2,1-3H3. The number of thiophene rings is 1. The normalized spacial score (nSPS) is 13.6. The van der Waals surface area contributed by atoms with Crippen LogP contribution in [0.2, 0.25) is 0 Å². The maximum atomic E-state index is 13.2. The number of rotatable bonds is 5. The lowest BCUT2D eigenvalue weighted by atomic mass is 9.97. The Kier molecular flexibility index (Phi) is 4.91. The fourth-order valence-corrected chi connectivity index (χ4v) is 5.13. The van der Waals surface area contributed by atoms with Crippen LogP contribution < -0.4 is 15.2 Å². The molecule has 0 aliphatic heterocycles. The average molecular weight is 384 g/mol. The Morgan fingerprint density at radius 1 is 1.22 bits per heavy atom. The van der Waals surface area contributed by atoms with Crippen LogP contribution in [0.15, 0.2) is 29.1 Å². The van der Waals surface area contributed by atoms with Crippen molar-refractivity contribution in [2.45, 2.75) is 45.7 Å². The molecule has 0 unspecified atom stereocenters. The van der Waals surface area contributed by atoms with Crippen molar-refractivity contribution >= 4 is 27.5 Å². The number of hydrogen-bond donors (Lipinski definition) is 0. The van der Waals surface area contributed by atoms with E-state index in [-0.39, 0.29) is 5.56 Å². The summed E-state index contributed by atoms with van der Waals surface area (Å²) in [6.45, 7) is 3.32. The second-order valence-corrected chi connectivity index (χ2v) is 8.14. The molecular weight excluding hydrogens is 358 g/mol. The molecule has 1 aromatic carbocycles. The van der Waals surface area contributed by atoms with Crippen LogP contribution in [0.5, 0.6) is 5.75 Å². The van der Waals surface area contributed by atoms with Gasteiger partial charge in [-0.15, -0.1) is 11.3 Å². The van der Waals surface area contributed by atoms with Gasteiger partial charge in [0.05, 0.1) is 12.5 Å². The number of nitrogens with zero attached hydrogens (tertiary/aromatic N) is 3. The largest absolute Gasteiger partial charge is 0.497 e. The van der Waals surface area contributed by atoms with Crippen molar-refractivity contribution in [3.8, 4) is 5.75 Å². The molecule has 27 heavy (non-hydrogen) atoms. The Hall–Kier alpha value is -2.34. The summed E-state index contributed by atoms with van der Waals surface area (Å²) in [6, 6.07) is 8.01. The molecule has 0 bridgehead atoms. The van der Waals surface area contributed by atoms with Gasteiger partial charge in [0, 0.05) is 25.0 Å². The van der Waals surface area contributed by atoms with E-state index in [0.717, 1.165) is 40.3 Å². The molecule has 0 saturated carbocycles. The van der Waals surface area contributed by atoms with Crippen LogP contribution in [-0.4, -0.2) is 23.7 Å². The molecule has 2 heterocycles.